The number of nitrogens with two attached hydrogens (primary N) is 1. The molecule has 0 aliphatic heterocycles. The van der Waals surface area contributed by atoms with Gasteiger partial charge in [0.25, 0.3) is 0 Å². The molecule has 0 atom stereocenters. The van der Waals surface area contributed by atoms with E-state index >= 15 is 0 Å². The summed E-state index contributed by atoms with van der Waals surface area (Å²) in [6.45, 7) is 0.197. The fraction of sp³-hybridized carbons (Fsp3) is 0.545. The van der Waals surface area contributed by atoms with Crippen molar-refractivity contribution in [2.24, 2.45) is 5.73 Å². The van der Waals surface area contributed by atoms with Crippen LogP contribution in [0.2, 0.25) is 0 Å². The predicted octanol–water partition coefficient (Wildman–Crippen LogP) is 1.21. The van der Waals surface area contributed by atoms with E-state index in [0.717, 1.165) is 10.5 Å². The van der Waals surface area contributed by atoms with Crippen LogP contribution in [0.25, 0.3) is 0 Å². The van der Waals surface area contributed by atoms with Crippen LogP contribution in [0.1, 0.15) is 11.1 Å². The Morgan fingerprint density at radius 2 is 2.11 bits per heavy atom. The van der Waals surface area contributed by atoms with Gasteiger partial charge in [-0.15, -0.1) is 0 Å². The van der Waals surface area contributed by atoms with E-state index in [1.165, 1.54) is 6.20 Å². The van der Waals surface area contributed by atoms with Gasteiger partial charge in [0, 0.05) is 24.8 Å². The standard InChI is InChI=1S/C11H16F3N3O/c1-8-2-3-16-10(9(8)6-15)17(4-5-18)7-11(12,13)14/h2-3,18H,4-7,15H2,1H3. The van der Waals surface area contributed by atoms with Crippen LogP contribution in [-0.2, 0) is 6.54 Å². The highest BCUT2D eigenvalue weighted by molar-refractivity contribution is 5.50. The third-order valence-electron chi connectivity index (χ3n) is 2.51. The third-order valence-corrected chi connectivity index (χ3v) is 2.51. The molecule has 0 aromatic carbocycles. The van der Waals surface area contributed by atoms with Crippen molar-refractivity contribution in [2.45, 2.75) is 19.6 Å². The molecule has 1 rings (SSSR count). The maximum absolute atomic E-state index is 12.5. The van der Waals surface area contributed by atoms with Gasteiger partial charge in [-0.25, -0.2) is 4.98 Å². The average molecular weight is 263 g/mol. The molecule has 18 heavy (non-hydrogen) atoms. The summed E-state index contributed by atoms with van der Waals surface area (Å²) in [6.07, 6.45) is -2.92. The number of alkyl halides is 3. The van der Waals surface area contributed by atoms with E-state index < -0.39 is 12.7 Å². The van der Waals surface area contributed by atoms with Crippen molar-refractivity contribution in [3.05, 3.63) is 23.4 Å². The second-order valence-corrected chi connectivity index (χ2v) is 3.89. The van der Waals surface area contributed by atoms with Crippen LogP contribution in [-0.4, -0.2) is 36.0 Å². The molecule has 0 bridgehead atoms. The molecule has 3 N–H and O–H groups in total. The Bertz CT molecular complexity index is 396. The van der Waals surface area contributed by atoms with Gasteiger partial charge in [0.1, 0.15) is 12.4 Å². The quantitative estimate of drug-likeness (QED) is 0.838. The Balaban J connectivity index is 3.09. The highest BCUT2D eigenvalue weighted by atomic mass is 19.4. The van der Waals surface area contributed by atoms with Crippen molar-refractivity contribution in [1.82, 2.24) is 4.98 Å². The van der Waals surface area contributed by atoms with Crippen molar-refractivity contribution in [3.8, 4) is 0 Å². The molecule has 7 heteroatoms. The van der Waals surface area contributed by atoms with E-state index in [4.69, 9.17) is 10.8 Å². The zero-order chi connectivity index (χ0) is 13.8. The zero-order valence-corrected chi connectivity index (χ0v) is 10.0. The van der Waals surface area contributed by atoms with Crippen LogP contribution in [0.5, 0.6) is 0 Å². The number of hydrogen-bond acceptors (Lipinski definition) is 4. The first kappa shape index (κ1) is 14.7. The van der Waals surface area contributed by atoms with Crippen LogP contribution < -0.4 is 10.6 Å². The molecule has 0 unspecified atom stereocenters. The van der Waals surface area contributed by atoms with Gasteiger partial charge < -0.3 is 15.7 Å². The summed E-state index contributed by atoms with van der Waals surface area (Å²) in [7, 11) is 0. The van der Waals surface area contributed by atoms with Crippen molar-refractivity contribution in [3.63, 3.8) is 0 Å². The summed E-state index contributed by atoms with van der Waals surface area (Å²) in [5.74, 6) is 0.184. The molecule has 0 aliphatic carbocycles. The minimum atomic E-state index is -4.35. The first-order valence-corrected chi connectivity index (χ1v) is 5.46. The molecule has 0 spiro atoms. The van der Waals surface area contributed by atoms with Crippen molar-refractivity contribution in [2.75, 3.05) is 24.6 Å². The summed E-state index contributed by atoms with van der Waals surface area (Å²) in [6, 6.07) is 1.69. The first-order chi connectivity index (χ1) is 8.39. The number of aliphatic hydroxyl groups excluding tert-OH is 1. The molecule has 0 saturated carbocycles. The molecule has 0 aliphatic rings. The summed E-state index contributed by atoms with van der Waals surface area (Å²) in [5, 5.41) is 8.86. The summed E-state index contributed by atoms with van der Waals surface area (Å²) >= 11 is 0. The van der Waals surface area contributed by atoms with E-state index in [1.807, 2.05) is 0 Å². The third kappa shape index (κ3) is 3.85. The first-order valence-electron chi connectivity index (χ1n) is 5.46. The summed E-state index contributed by atoms with van der Waals surface area (Å²) in [4.78, 5) is 4.94. The summed E-state index contributed by atoms with van der Waals surface area (Å²) < 4.78 is 37.4. The Morgan fingerprint density at radius 3 is 2.61 bits per heavy atom. The van der Waals surface area contributed by atoms with Gasteiger partial charge in [0.15, 0.2) is 0 Å². The number of anilines is 1. The largest absolute Gasteiger partial charge is 0.405 e. The van der Waals surface area contributed by atoms with Crippen LogP contribution in [0.15, 0.2) is 12.3 Å². The zero-order valence-electron chi connectivity index (χ0n) is 10.0. The van der Waals surface area contributed by atoms with Crippen LogP contribution in [0, 0.1) is 6.92 Å². The molecular formula is C11H16F3N3O. The molecule has 102 valence electrons. The van der Waals surface area contributed by atoms with Crippen LogP contribution in [0.4, 0.5) is 19.0 Å². The van der Waals surface area contributed by atoms with Crippen molar-refractivity contribution >= 4 is 5.82 Å². The maximum Gasteiger partial charge on any atom is 0.405 e. The Kier molecular flexibility index (Phi) is 4.92. The lowest BCUT2D eigenvalue weighted by Crippen LogP contribution is -2.37. The molecule has 1 aromatic rings. The molecule has 0 fully saturated rings. The van der Waals surface area contributed by atoms with Crippen molar-refractivity contribution < 1.29 is 18.3 Å². The fourth-order valence-electron chi connectivity index (χ4n) is 1.70. The normalized spacial score (nSPS) is 11.7. The number of aromatic nitrogens is 1. The van der Waals surface area contributed by atoms with Gasteiger partial charge in [0.2, 0.25) is 0 Å². The molecule has 1 aromatic heterocycles. The van der Waals surface area contributed by atoms with E-state index in [0.29, 0.717) is 5.56 Å². The predicted molar refractivity (Wildman–Crippen MR) is 62.2 cm³/mol. The SMILES string of the molecule is Cc1ccnc(N(CCO)CC(F)(F)F)c1CN. The van der Waals surface area contributed by atoms with Crippen LogP contribution >= 0.6 is 0 Å². The molecule has 0 amide bonds. The van der Waals surface area contributed by atoms with E-state index in [-0.39, 0.29) is 25.5 Å². The molecule has 0 radical (unpaired) electrons. The summed E-state index contributed by atoms with van der Waals surface area (Å²) in [5.41, 5.74) is 6.89. The number of hydrogen-bond donors (Lipinski definition) is 2. The molecule has 1 heterocycles. The van der Waals surface area contributed by atoms with Gasteiger partial charge >= 0.3 is 6.18 Å². The lowest BCUT2D eigenvalue weighted by molar-refractivity contribution is -0.120. The van der Waals surface area contributed by atoms with E-state index in [2.05, 4.69) is 4.98 Å². The van der Waals surface area contributed by atoms with Crippen LogP contribution in [0.3, 0.4) is 0 Å². The highest BCUT2D eigenvalue weighted by Gasteiger charge is 2.32. The molecule has 0 saturated heterocycles. The second-order valence-electron chi connectivity index (χ2n) is 3.89. The Hall–Kier alpha value is -1.34. The number of pyridine rings is 1. The molecule has 4 nitrogen and oxygen atoms in total. The van der Waals surface area contributed by atoms with Gasteiger partial charge in [-0.2, -0.15) is 13.2 Å². The van der Waals surface area contributed by atoms with E-state index in [1.54, 1.807) is 13.0 Å². The minimum Gasteiger partial charge on any atom is -0.395 e. The van der Waals surface area contributed by atoms with E-state index in [9.17, 15) is 13.2 Å². The number of nitrogens with zero attached hydrogens (tertiary/aromatic N) is 2. The minimum absolute atomic E-state index is 0.106. The Labute approximate surface area is 103 Å². The lowest BCUT2D eigenvalue weighted by atomic mass is 10.1. The smallest absolute Gasteiger partial charge is 0.395 e. The lowest BCUT2D eigenvalue weighted by Gasteiger charge is -2.26. The van der Waals surface area contributed by atoms with Gasteiger partial charge in [-0.05, 0) is 18.6 Å². The maximum atomic E-state index is 12.5. The topological polar surface area (TPSA) is 62.4 Å². The van der Waals surface area contributed by atoms with Crippen molar-refractivity contribution in [1.29, 1.82) is 0 Å². The number of rotatable bonds is 5. The number of aryl methyl sites for hydroxylation is 1. The highest BCUT2D eigenvalue weighted by Crippen LogP contribution is 2.24. The number of halogens is 3. The van der Waals surface area contributed by atoms with Gasteiger partial charge in [-0.1, -0.05) is 0 Å². The Morgan fingerprint density at radius 1 is 1.44 bits per heavy atom. The fourth-order valence-corrected chi connectivity index (χ4v) is 1.70. The second kappa shape index (κ2) is 6.01. The van der Waals surface area contributed by atoms with Gasteiger partial charge in [0.05, 0.1) is 6.61 Å². The average Bonchev–Trinajstić information content (AvgIpc) is 2.26. The van der Waals surface area contributed by atoms with Gasteiger partial charge in [-0.3, -0.25) is 0 Å². The number of aliphatic hydroxyl groups is 1. The monoisotopic (exact) mass is 263 g/mol. The molecular weight excluding hydrogens is 247 g/mol.